The molecule has 0 spiro atoms. The van der Waals surface area contributed by atoms with E-state index in [9.17, 15) is 25.1 Å². The molecule has 0 fully saturated rings. The number of carbonyl (C=O) groups excluding carboxylic acids is 2. The molecule has 1 aliphatic heterocycles. The van der Waals surface area contributed by atoms with Crippen LogP contribution in [0.25, 0.3) is 0 Å². The number of benzene rings is 1. The van der Waals surface area contributed by atoms with Crippen molar-refractivity contribution in [3.8, 4) is 5.75 Å². The lowest BCUT2D eigenvalue weighted by Gasteiger charge is -2.13. The molecule has 1 aromatic carbocycles. The molecule has 1 aromatic rings. The van der Waals surface area contributed by atoms with E-state index in [1.165, 1.54) is 36.4 Å². The molecule has 10 heteroatoms. The average Bonchev–Trinajstić information content (AvgIpc) is 2.94. The first-order chi connectivity index (χ1) is 12.9. The smallest absolute Gasteiger partial charge is 0.285 e. The van der Waals surface area contributed by atoms with Crippen molar-refractivity contribution >= 4 is 28.9 Å². The molecule has 2 aliphatic rings. The molecule has 10 nitrogen and oxygen atoms in total. The van der Waals surface area contributed by atoms with Crippen molar-refractivity contribution in [1.29, 1.82) is 0 Å². The molecule has 138 valence electrons. The molecule has 2 amide bonds. The summed E-state index contributed by atoms with van der Waals surface area (Å²) in [5.41, 5.74) is 3.17. The van der Waals surface area contributed by atoms with E-state index >= 15 is 0 Å². The van der Waals surface area contributed by atoms with Gasteiger partial charge >= 0.3 is 0 Å². The van der Waals surface area contributed by atoms with E-state index in [0.29, 0.717) is 16.4 Å². The first-order valence-electron chi connectivity index (χ1n) is 7.80. The Kier molecular flexibility index (Phi) is 4.71. The standard InChI is InChI=1S/C17H14N5O5/c1-10-15(19-18-11-6-8-12(9-7-11)22(26)27)17(25)21(20-10)16(24)13-4-2-3-5-14(13)23/h2-9,15,19H,1H3,(H-,18,23,24,26,27)/q-1/t15-/m0/s1. The Morgan fingerprint density at radius 2 is 1.93 bits per heavy atom. The second kappa shape index (κ2) is 7.12. The second-order valence-electron chi connectivity index (χ2n) is 5.66. The Bertz CT molecular complexity index is 938. The number of carbonyl (C=O) groups is 2. The van der Waals surface area contributed by atoms with Crippen LogP contribution in [0.2, 0.25) is 0 Å². The minimum absolute atomic E-state index is 0.0460. The van der Waals surface area contributed by atoms with Crippen molar-refractivity contribution < 1.29 is 19.6 Å². The zero-order chi connectivity index (χ0) is 19.6. The van der Waals surface area contributed by atoms with Crippen LogP contribution in [0.15, 0.2) is 58.8 Å². The van der Waals surface area contributed by atoms with Crippen LogP contribution < -0.4 is 5.43 Å². The van der Waals surface area contributed by atoms with Gasteiger partial charge in [0.25, 0.3) is 11.8 Å². The summed E-state index contributed by atoms with van der Waals surface area (Å²) in [4.78, 5) is 24.4. The molecule has 0 aromatic heterocycles. The van der Waals surface area contributed by atoms with Gasteiger partial charge in [0.1, 0.15) is 5.75 Å². The maximum atomic E-state index is 12.5. The summed E-state index contributed by atoms with van der Waals surface area (Å²) in [7, 11) is 0. The molecule has 0 saturated carbocycles. The van der Waals surface area contributed by atoms with E-state index in [1.807, 2.05) is 0 Å². The zero-order valence-corrected chi connectivity index (χ0v) is 14.1. The lowest BCUT2D eigenvalue weighted by atomic mass is 10.1. The van der Waals surface area contributed by atoms with E-state index in [0.717, 1.165) is 0 Å². The van der Waals surface area contributed by atoms with E-state index in [1.54, 1.807) is 19.1 Å². The van der Waals surface area contributed by atoms with E-state index in [2.05, 4.69) is 15.6 Å². The number of hydrogen-bond acceptors (Lipinski definition) is 8. The first kappa shape index (κ1) is 17.9. The van der Waals surface area contributed by atoms with Gasteiger partial charge in [-0.25, -0.2) is 0 Å². The number of nitrogens with zero attached hydrogens (tertiary/aromatic N) is 4. The van der Waals surface area contributed by atoms with Crippen molar-refractivity contribution in [3.05, 3.63) is 64.5 Å². The number of para-hydroxylation sites is 1. The quantitative estimate of drug-likeness (QED) is 0.347. The van der Waals surface area contributed by atoms with E-state index in [-0.39, 0.29) is 17.0 Å². The third-order valence-corrected chi connectivity index (χ3v) is 3.84. The highest BCUT2D eigenvalue weighted by molar-refractivity contribution is 6.19. The largest absolute Gasteiger partial charge is 0.612 e. The van der Waals surface area contributed by atoms with E-state index in [4.69, 9.17) is 0 Å². The summed E-state index contributed by atoms with van der Waals surface area (Å²) < 4.78 is 0. The Hall–Kier alpha value is -3.95. The normalized spacial score (nSPS) is 18.6. The minimum Gasteiger partial charge on any atom is -0.612 e. The van der Waals surface area contributed by atoms with Crippen molar-refractivity contribution in [2.45, 2.75) is 13.0 Å². The molecule has 3 rings (SSSR count). The summed E-state index contributed by atoms with van der Waals surface area (Å²) in [5.74, 6) is -1.65. The van der Waals surface area contributed by atoms with Crippen LogP contribution in [0.3, 0.4) is 0 Å². The first-order valence-corrected chi connectivity index (χ1v) is 7.80. The molecular weight excluding hydrogens is 354 g/mol. The summed E-state index contributed by atoms with van der Waals surface area (Å²) in [6.07, 6.45) is 5.40. The van der Waals surface area contributed by atoms with Gasteiger partial charge in [0, 0.05) is 12.2 Å². The third-order valence-electron chi connectivity index (χ3n) is 3.84. The lowest BCUT2D eigenvalue weighted by Crippen LogP contribution is -2.42. The van der Waals surface area contributed by atoms with Crippen molar-refractivity contribution in [2.75, 3.05) is 0 Å². The van der Waals surface area contributed by atoms with Crippen LogP contribution >= 0.6 is 0 Å². The number of imide groups is 1. The predicted molar refractivity (Wildman–Crippen MR) is 97.0 cm³/mol. The number of hydrazone groups is 2. The fraction of sp³-hybridized carbons (Fsp3) is 0.118. The summed E-state index contributed by atoms with van der Waals surface area (Å²) in [6.45, 7) is 1.55. The van der Waals surface area contributed by atoms with Crippen LogP contribution in [0.4, 0.5) is 0 Å². The van der Waals surface area contributed by atoms with Crippen molar-refractivity contribution in [3.63, 3.8) is 0 Å². The van der Waals surface area contributed by atoms with Gasteiger partial charge in [0.15, 0.2) is 6.04 Å². The van der Waals surface area contributed by atoms with Gasteiger partial charge < -0.3 is 15.5 Å². The number of aromatic hydroxyl groups is 1. The molecule has 0 bridgehead atoms. The van der Waals surface area contributed by atoms with Gasteiger partial charge in [-0.1, -0.05) is 12.1 Å². The monoisotopic (exact) mass is 368 g/mol. The number of rotatable bonds is 3. The maximum absolute atomic E-state index is 12.5. The fourth-order valence-electron chi connectivity index (χ4n) is 2.42. The predicted octanol–water partition coefficient (Wildman–Crippen LogP) is 0.640. The second-order valence-corrected chi connectivity index (χ2v) is 5.66. The molecule has 2 N–H and O–H groups in total. The molecule has 1 aliphatic carbocycles. The number of hydrogen-bond donors (Lipinski definition) is 2. The number of phenolic OH excluding ortho intramolecular Hbond substituents is 1. The zero-order valence-electron chi connectivity index (χ0n) is 14.1. The highest BCUT2D eigenvalue weighted by atomic mass is 16.8. The van der Waals surface area contributed by atoms with Crippen LogP contribution in [-0.2, 0) is 4.79 Å². The minimum atomic E-state index is -0.963. The molecule has 1 atom stereocenters. The molecule has 1 heterocycles. The Morgan fingerprint density at radius 1 is 1.26 bits per heavy atom. The van der Waals surface area contributed by atoms with Crippen molar-refractivity contribution in [1.82, 2.24) is 10.4 Å². The Labute approximate surface area is 153 Å². The van der Waals surface area contributed by atoms with Crippen LogP contribution in [-0.4, -0.2) is 50.0 Å². The molecular formula is C17H14N5O5-. The van der Waals surface area contributed by atoms with Gasteiger partial charge in [-0.2, -0.15) is 20.1 Å². The van der Waals surface area contributed by atoms with Crippen molar-refractivity contribution in [2.24, 2.45) is 10.2 Å². The topological polar surface area (TPSA) is 143 Å². The van der Waals surface area contributed by atoms with Gasteiger partial charge in [-0.05, 0) is 31.2 Å². The summed E-state index contributed by atoms with van der Waals surface area (Å²) in [6, 6.07) is 4.88. The van der Waals surface area contributed by atoms with Gasteiger partial charge in [0.05, 0.1) is 17.0 Å². The SMILES string of the molecule is CC1=NN(C(=O)c2ccccc2O)C(=O)[C@H]1NN=C1C=CC(=[N+]([O-])[O-])C=C1. The summed E-state index contributed by atoms with van der Waals surface area (Å²) >= 11 is 0. The molecule has 0 unspecified atom stereocenters. The van der Waals surface area contributed by atoms with Crippen LogP contribution in [0.5, 0.6) is 5.75 Å². The molecule has 0 radical (unpaired) electrons. The fourth-order valence-corrected chi connectivity index (χ4v) is 2.42. The van der Waals surface area contributed by atoms with Gasteiger partial charge in [-0.15, -0.1) is 0 Å². The lowest BCUT2D eigenvalue weighted by molar-refractivity contribution is -0.377. The highest BCUT2D eigenvalue weighted by Gasteiger charge is 2.38. The van der Waals surface area contributed by atoms with Crippen LogP contribution in [0.1, 0.15) is 17.3 Å². The maximum Gasteiger partial charge on any atom is 0.285 e. The van der Waals surface area contributed by atoms with Gasteiger partial charge in [-0.3, -0.25) is 15.0 Å². The summed E-state index contributed by atoms with van der Waals surface area (Å²) in [5, 5.41) is 39.7. The molecule has 0 saturated heterocycles. The number of nitrogens with one attached hydrogen (secondary N) is 1. The molecule has 27 heavy (non-hydrogen) atoms. The highest BCUT2D eigenvalue weighted by Crippen LogP contribution is 2.21. The van der Waals surface area contributed by atoms with E-state index < -0.39 is 22.8 Å². The average molecular weight is 368 g/mol. The number of amides is 2. The van der Waals surface area contributed by atoms with Crippen LogP contribution in [0, 0.1) is 10.4 Å². The number of phenols is 1. The third kappa shape index (κ3) is 3.54. The Balaban J connectivity index is 1.73. The number of allylic oxidation sites excluding steroid dienone is 4. The van der Waals surface area contributed by atoms with Gasteiger partial charge in [0.2, 0.25) is 5.71 Å². The Morgan fingerprint density at radius 3 is 2.56 bits per heavy atom.